The van der Waals surface area contributed by atoms with Crippen LogP contribution in [0.2, 0.25) is 0 Å². The molecule has 0 aliphatic carbocycles. The van der Waals surface area contributed by atoms with Crippen molar-refractivity contribution in [3.63, 3.8) is 0 Å². The van der Waals surface area contributed by atoms with Gasteiger partial charge in [-0.05, 0) is 40.2 Å². The number of halogens is 3. The smallest absolute Gasteiger partial charge is 0.177 e. The highest BCUT2D eigenvalue weighted by molar-refractivity contribution is 9.10. The zero-order valence-corrected chi connectivity index (χ0v) is 12.2. The lowest BCUT2D eigenvalue weighted by Gasteiger charge is -2.05. The Morgan fingerprint density at radius 2 is 1.81 bits per heavy atom. The molecular formula is C15H9BrF2N2O. The molecule has 0 saturated carbocycles. The van der Waals surface area contributed by atoms with Gasteiger partial charge in [0.05, 0.1) is 10.0 Å². The van der Waals surface area contributed by atoms with Crippen LogP contribution < -0.4 is 5.73 Å². The fourth-order valence-electron chi connectivity index (χ4n) is 2.06. The number of nitrogen functional groups attached to an aromatic ring is 1. The van der Waals surface area contributed by atoms with Crippen LogP contribution in [-0.2, 0) is 0 Å². The molecule has 0 fully saturated rings. The fourth-order valence-corrected chi connectivity index (χ4v) is 2.31. The summed E-state index contributed by atoms with van der Waals surface area (Å²) < 4.78 is 33.1. The van der Waals surface area contributed by atoms with Crippen molar-refractivity contribution in [1.29, 1.82) is 0 Å². The van der Waals surface area contributed by atoms with Crippen molar-refractivity contribution in [1.82, 2.24) is 5.16 Å². The van der Waals surface area contributed by atoms with Gasteiger partial charge in [-0.15, -0.1) is 0 Å². The highest BCUT2D eigenvalue weighted by Crippen LogP contribution is 2.38. The van der Waals surface area contributed by atoms with Gasteiger partial charge in [0.1, 0.15) is 11.6 Å². The molecule has 0 atom stereocenters. The van der Waals surface area contributed by atoms with Crippen LogP contribution in [0.15, 0.2) is 51.5 Å². The first-order chi connectivity index (χ1) is 10.1. The minimum absolute atomic E-state index is 0.0541. The van der Waals surface area contributed by atoms with E-state index in [1.807, 2.05) is 0 Å². The average molecular weight is 351 g/mol. The molecule has 0 aliphatic rings. The SMILES string of the molecule is Nc1noc(-c2ccc(Br)c(F)c2)c1-c1ccccc1F. The predicted molar refractivity (Wildman–Crippen MR) is 79.4 cm³/mol. The van der Waals surface area contributed by atoms with Crippen molar-refractivity contribution in [2.24, 2.45) is 0 Å². The van der Waals surface area contributed by atoms with Crippen molar-refractivity contribution in [3.8, 4) is 22.5 Å². The molecule has 0 unspecified atom stereocenters. The Balaban J connectivity index is 2.22. The molecule has 21 heavy (non-hydrogen) atoms. The number of hydrogen-bond donors (Lipinski definition) is 1. The predicted octanol–water partition coefficient (Wildman–Crippen LogP) is 4.63. The van der Waals surface area contributed by atoms with E-state index in [9.17, 15) is 8.78 Å². The van der Waals surface area contributed by atoms with Gasteiger partial charge in [-0.2, -0.15) is 0 Å². The van der Waals surface area contributed by atoms with E-state index in [1.165, 1.54) is 18.2 Å². The summed E-state index contributed by atoms with van der Waals surface area (Å²) in [6.45, 7) is 0. The van der Waals surface area contributed by atoms with E-state index < -0.39 is 11.6 Å². The maximum absolute atomic E-state index is 14.0. The van der Waals surface area contributed by atoms with E-state index >= 15 is 0 Å². The van der Waals surface area contributed by atoms with Gasteiger partial charge in [0.15, 0.2) is 11.6 Å². The summed E-state index contributed by atoms with van der Waals surface area (Å²) in [5, 5.41) is 3.66. The molecule has 0 aliphatic heterocycles. The minimum Gasteiger partial charge on any atom is -0.380 e. The highest BCUT2D eigenvalue weighted by atomic mass is 79.9. The normalized spacial score (nSPS) is 10.8. The van der Waals surface area contributed by atoms with Gasteiger partial charge in [0.2, 0.25) is 0 Å². The van der Waals surface area contributed by atoms with Gasteiger partial charge >= 0.3 is 0 Å². The Kier molecular flexibility index (Phi) is 3.47. The maximum Gasteiger partial charge on any atom is 0.177 e. The Morgan fingerprint density at radius 3 is 2.52 bits per heavy atom. The quantitative estimate of drug-likeness (QED) is 0.732. The fraction of sp³-hybridized carbons (Fsp3) is 0. The summed E-state index contributed by atoms with van der Waals surface area (Å²) in [6, 6.07) is 10.6. The second-order valence-corrected chi connectivity index (χ2v) is 5.24. The molecule has 3 nitrogen and oxygen atoms in total. The van der Waals surface area contributed by atoms with E-state index in [0.717, 1.165) is 0 Å². The van der Waals surface area contributed by atoms with E-state index in [1.54, 1.807) is 24.3 Å². The Labute approximate surface area is 127 Å². The first kappa shape index (κ1) is 13.8. The van der Waals surface area contributed by atoms with Crippen molar-refractivity contribution < 1.29 is 13.3 Å². The zero-order valence-electron chi connectivity index (χ0n) is 10.6. The molecule has 0 bridgehead atoms. The summed E-state index contributed by atoms with van der Waals surface area (Å²) in [6.07, 6.45) is 0. The maximum atomic E-state index is 14.0. The van der Waals surface area contributed by atoms with Crippen molar-refractivity contribution in [3.05, 3.63) is 58.6 Å². The first-order valence-electron chi connectivity index (χ1n) is 6.03. The molecule has 0 saturated heterocycles. The second kappa shape index (κ2) is 5.29. The van der Waals surface area contributed by atoms with Crippen LogP contribution in [0, 0.1) is 11.6 Å². The number of anilines is 1. The monoisotopic (exact) mass is 350 g/mol. The topological polar surface area (TPSA) is 52.0 Å². The van der Waals surface area contributed by atoms with Gasteiger partial charge in [0, 0.05) is 11.1 Å². The van der Waals surface area contributed by atoms with Gasteiger partial charge in [-0.3, -0.25) is 0 Å². The standard InChI is InChI=1S/C15H9BrF2N2O/c16-10-6-5-8(7-12(10)18)14-13(15(19)20-21-14)9-3-1-2-4-11(9)17/h1-7H,(H2,19,20). The molecule has 3 aromatic rings. The third-order valence-electron chi connectivity index (χ3n) is 3.04. The van der Waals surface area contributed by atoms with Gasteiger partial charge in [0.25, 0.3) is 0 Å². The van der Waals surface area contributed by atoms with Crippen LogP contribution in [0.4, 0.5) is 14.6 Å². The first-order valence-corrected chi connectivity index (χ1v) is 6.82. The molecule has 0 amide bonds. The van der Waals surface area contributed by atoms with Crippen molar-refractivity contribution >= 4 is 21.7 Å². The summed E-state index contributed by atoms with van der Waals surface area (Å²) in [5.74, 6) is -0.629. The summed E-state index contributed by atoms with van der Waals surface area (Å²) in [7, 11) is 0. The molecular weight excluding hydrogens is 342 g/mol. The Bertz CT molecular complexity index is 817. The molecule has 0 radical (unpaired) electrons. The molecule has 1 heterocycles. The molecule has 3 rings (SSSR count). The second-order valence-electron chi connectivity index (χ2n) is 4.38. The molecule has 2 aromatic carbocycles. The van der Waals surface area contributed by atoms with Crippen LogP contribution >= 0.6 is 15.9 Å². The molecule has 2 N–H and O–H groups in total. The Hall–Kier alpha value is -2.21. The van der Waals surface area contributed by atoms with Crippen LogP contribution in [-0.4, -0.2) is 5.16 Å². The lowest BCUT2D eigenvalue weighted by Crippen LogP contribution is -1.91. The van der Waals surface area contributed by atoms with Gasteiger partial charge < -0.3 is 10.3 Å². The van der Waals surface area contributed by atoms with Crippen molar-refractivity contribution in [2.75, 3.05) is 5.73 Å². The lowest BCUT2D eigenvalue weighted by molar-refractivity contribution is 0.435. The summed E-state index contributed by atoms with van der Waals surface area (Å²) in [4.78, 5) is 0. The van der Waals surface area contributed by atoms with E-state index in [2.05, 4.69) is 21.1 Å². The molecule has 0 spiro atoms. The third-order valence-corrected chi connectivity index (χ3v) is 3.69. The zero-order chi connectivity index (χ0) is 15.0. The van der Waals surface area contributed by atoms with E-state index in [0.29, 0.717) is 15.6 Å². The minimum atomic E-state index is -0.457. The molecule has 106 valence electrons. The van der Waals surface area contributed by atoms with E-state index in [-0.39, 0.29) is 17.1 Å². The van der Waals surface area contributed by atoms with Crippen molar-refractivity contribution in [2.45, 2.75) is 0 Å². The number of benzene rings is 2. The number of hydrogen-bond acceptors (Lipinski definition) is 3. The highest BCUT2D eigenvalue weighted by Gasteiger charge is 2.20. The molecule has 1 aromatic heterocycles. The van der Waals surface area contributed by atoms with Crippen LogP contribution in [0.1, 0.15) is 0 Å². The lowest BCUT2D eigenvalue weighted by atomic mass is 10.0. The number of nitrogens with zero attached hydrogens (tertiary/aromatic N) is 1. The van der Waals surface area contributed by atoms with Gasteiger partial charge in [-0.1, -0.05) is 23.4 Å². The van der Waals surface area contributed by atoms with Gasteiger partial charge in [-0.25, -0.2) is 8.78 Å². The Morgan fingerprint density at radius 1 is 1.05 bits per heavy atom. The largest absolute Gasteiger partial charge is 0.380 e. The van der Waals surface area contributed by atoms with Crippen LogP contribution in [0.3, 0.4) is 0 Å². The average Bonchev–Trinajstić information content (AvgIpc) is 2.84. The number of nitrogens with two attached hydrogens (primary N) is 1. The number of aromatic nitrogens is 1. The van der Waals surface area contributed by atoms with Crippen LogP contribution in [0.25, 0.3) is 22.5 Å². The summed E-state index contributed by atoms with van der Waals surface area (Å²) in [5.41, 5.74) is 6.78. The number of rotatable bonds is 2. The van der Waals surface area contributed by atoms with Crippen LogP contribution in [0.5, 0.6) is 0 Å². The summed E-state index contributed by atoms with van der Waals surface area (Å²) >= 11 is 3.08. The van der Waals surface area contributed by atoms with E-state index in [4.69, 9.17) is 10.3 Å². The third kappa shape index (κ3) is 2.42. The molecule has 6 heteroatoms.